The van der Waals surface area contributed by atoms with Gasteiger partial charge in [0.2, 0.25) is 0 Å². The van der Waals surface area contributed by atoms with Crippen LogP contribution in [0.2, 0.25) is 0 Å². The average molecular weight is 236 g/mol. The first-order valence-electron chi connectivity index (χ1n) is 5.83. The van der Waals surface area contributed by atoms with Crippen LogP contribution in [0.1, 0.15) is 38.8 Å². The highest BCUT2D eigenvalue weighted by Crippen LogP contribution is 2.34. The van der Waals surface area contributed by atoms with Crippen LogP contribution >= 0.6 is 0 Å². The average Bonchev–Trinajstić information content (AvgIpc) is 2.18. The van der Waals surface area contributed by atoms with Crippen molar-refractivity contribution in [2.75, 3.05) is 6.61 Å². The van der Waals surface area contributed by atoms with Gasteiger partial charge in [-0.1, -0.05) is 39.0 Å². The number of para-hydroxylation sites is 1. The highest BCUT2D eigenvalue weighted by molar-refractivity contribution is 5.71. The molecule has 0 spiro atoms. The zero-order valence-corrected chi connectivity index (χ0v) is 10.9. The minimum Gasteiger partial charge on any atom is -0.493 e. The van der Waals surface area contributed by atoms with Crippen LogP contribution in [-0.4, -0.2) is 17.7 Å². The second kappa shape index (κ2) is 5.21. The Labute approximate surface area is 102 Å². The molecule has 0 aliphatic heterocycles. The summed E-state index contributed by atoms with van der Waals surface area (Å²) in [6.45, 7) is 8.73. The predicted molar refractivity (Wildman–Crippen MR) is 67.7 cm³/mol. The van der Waals surface area contributed by atoms with E-state index in [0.29, 0.717) is 6.61 Å². The van der Waals surface area contributed by atoms with Gasteiger partial charge in [-0.3, -0.25) is 4.79 Å². The van der Waals surface area contributed by atoms with Crippen LogP contribution in [0.4, 0.5) is 0 Å². The Hall–Kier alpha value is -1.51. The molecule has 1 aromatic carbocycles. The molecule has 0 atom stereocenters. The summed E-state index contributed by atoms with van der Waals surface area (Å²) in [6.07, 6.45) is -0.000741. The quantitative estimate of drug-likeness (QED) is 0.874. The number of benzene rings is 1. The fraction of sp³-hybridized carbons (Fsp3) is 0.500. The first-order valence-corrected chi connectivity index (χ1v) is 5.83. The van der Waals surface area contributed by atoms with Crippen LogP contribution < -0.4 is 4.74 Å². The van der Waals surface area contributed by atoms with Crippen molar-refractivity contribution >= 4 is 5.97 Å². The lowest BCUT2D eigenvalue weighted by Crippen LogP contribution is -2.15. The van der Waals surface area contributed by atoms with E-state index >= 15 is 0 Å². The Morgan fingerprint density at radius 2 is 2.00 bits per heavy atom. The standard InChI is InChI=1S/C14H20O3/c1-5-17-13-10(9-12(15)16)7-6-8-11(13)14(2,3)4/h6-8H,5,9H2,1-4H3,(H,15,16). The minimum atomic E-state index is -0.836. The summed E-state index contributed by atoms with van der Waals surface area (Å²) in [6, 6.07) is 5.70. The number of carbonyl (C=O) groups is 1. The van der Waals surface area contributed by atoms with E-state index in [2.05, 4.69) is 20.8 Å². The van der Waals surface area contributed by atoms with E-state index in [-0.39, 0.29) is 11.8 Å². The summed E-state index contributed by atoms with van der Waals surface area (Å²) in [5, 5.41) is 8.90. The van der Waals surface area contributed by atoms with Crippen molar-refractivity contribution in [1.82, 2.24) is 0 Å². The van der Waals surface area contributed by atoms with Crippen LogP contribution in [0.15, 0.2) is 18.2 Å². The van der Waals surface area contributed by atoms with Crippen molar-refractivity contribution in [2.24, 2.45) is 0 Å². The number of rotatable bonds is 4. The maximum atomic E-state index is 10.8. The van der Waals surface area contributed by atoms with Crippen LogP contribution in [-0.2, 0) is 16.6 Å². The van der Waals surface area contributed by atoms with Gasteiger partial charge in [-0.25, -0.2) is 0 Å². The molecule has 0 fully saturated rings. The van der Waals surface area contributed by atoms with Crippen LogP contribution in [0, 0.1) is 0 Å². The van der Waals surface area contributed by atoms with Gasteiger partial charge in [-0.05, 0) is 17.9 Å². The van der Waals surface area contributed by atoms with Crippen LogP contribution in [0.25, 0.3) is 0 Å². The smallest absolute Gasteiger partial charge is 0.307 e. The molecule has 3 heteroatoms. The van der Waals surface area contributed by atoms with Crippen LogP contribution in [0.5, 0.6) is 5.75 Å². The number of aliphatic carboxylic acids is 1. The Kier molecular flexibility index (Phi) is 4.16. The molecule has 1 aromatic rings. The number of carboxylic acid groups (broad SMARTS) is 1. The van der Waals surface area contributed by atoms with Crippen molar-refractivity contribution < 1.29 is 14.6 Å². The SMILES string of the molecule is CCOc1c(CC(=O)O)cccc1C(C)(C)C. The molecule has 0 aromatic heterocycles. The van der Waals surface area contributed by atoms with Crippen molar-refractivity contribution in [3.05, 3.63) is 29.3 Å². The van der Waals surface area contributed by atoms with E-state index in [4.69, 9.17) is 9.84 Å². The molecule has 0 bridgehead atoms. The van der Waals surface area contributed by atoms with Gasteiger partial charge in [0.25, 0.3) is 0 Å². The topological polar surface area (TPSA) is 46.5 Å². The first-order chi connectivity index (χ1) is 7.86. The molecule has 0 saturated carbocycles. The fourth-order valence-electron chi connectivity index (χ4n) is 1.79. The monoisotopic (exact) mass is 236 g/mol. The molecular weight excluding hydrogens is 216 g/mol. The molecule has 1 rings (SSSR count). The van der Waals surface area contributed by atoms with Gasteiger partial charge in [0, 0.05) is 5.56 Å². The Bertz CT molecular complexity index is 402. The van der Waals surface area contributed by atoms with E-state index in [0.717, 1.165) is 16.9 Å². The Morgan fingerprint density at radius 1 is 1.35 bits per heavy atom. The normalized spacial score (nSPS) is 11.3. The van der Waals surface area contributed by atoms with E-state index in [9.17, 15) is 4.79 Å². The predicted octanol–water partition coefficient (Wildman–Crippen LogP) is 3.01. The molecule has 1 N–H and O–H groups in total. The van der Waals surface area contributed by atoms with Crippen molar-refractivity contribution in [1.29, 1.82) is 0 Å². The number of carboxylic acids is 1. The first kappa shape index (κ1) is 13.6. The van der Waals surface area contributed by atoms with E-state index < -0.39 is 5.97 Å². The van der Waals surface area contributed by atoms with Crippen molar-refractivity contribution in [3.8, 4) is 5.75 Å². The molecule has 0 saturated heterocycles. The second-order valence-electron chi connectivity index (χ2n) is 5.05. The van der Waals surface area contributed by atoms with Gasteiger partial charge in [-0.2, -0.15) is 0 Å². The van der Waals surface area contributed by atoms with Gasteiger partial charge < -0.3 is 9.84 Å². The molecule has 0 aliphatic rings. The molecule has 0 amide bonds. The minimum absolute atomic E-state index is 0.000741. The molecular formula is C14H20O3. The highest BCUT2D eigenvalue weighted by Gasteiger charge is 2.21. The summed E-state index contributed by atoms with van der Waals surface area (Å²) in [5.74, 6) is -0.109. The van der Waals surface area contributed by atoms with Crippen molar-refractivity contribution in [3.63, 3.8) is 0 Å². The summed E-state index contributed by atoms with van der Waals surface area (Å²) in [4.78, 5) is 10.8. The Balaban J connectivity index is 3.26. The summed E-state index contributed by atoms with van der Waals surface area (Å²) >= 11 is 0. The molecule has 0 radical (unpaired) electrons. The number of hydrogen-bond donors (Lipinski definition) is 1. The van der Waals surface area contributed by atoms with Gasteiger partial charge >= 0.3 is 5.97 Å². The maximum Gasteiger partial charge on any atom is 0.307 e. The third-order valence-electron chi connectivity index (χ3n) is 2.53. The second-order valence-corrected chi connectivity index (χ2v) is 5.05. The zero-order valence-electron chi connectivity index (χ0n) is 10.9. The molecule has 0 aliphatic carbocycles. The lowest BCUT2D eigenvalue weighted by molar-refractivity contribution is -0.136. The highest BCUT2D eigenvalue weighted by atomic mass is 16.5. The molecule has 17 heavy (non-hydrogen) atoms. The van der Waals surface area contributed by atoms with E-state index in [1.54, 1.807) is 0 Å². The van der Waals surface area contributed by atoms with Gasteiger partial charge in [0.05, 0.1) is 13.0 Å². The summed E-state index contributed by atoms with van der Waals surface area (Å²) < 4.78 is 5.63. The van der Waals surface area contributed by atoms with Crippen LogP contribution in [0.3, 0.4) is 0 Å². The van der Waals surface area contributed by atoms with Gasteiger partial charge in [-0.15, -0.1) is 0 Å². The molecule has 3 nitrogen and oxygen atoms in total. The molecule has 0 heterocycles. The summed E-state index contributed by atoms with van der Waals surface area (Å²) in [7, 11) is 0. The summed E-state index contributed by atoms with van der Waals surface area (Å²) in [5.41, 5.74) is 1.74. The zero-order chi connectivity index (χ0) is 13.1. The number of hydrogen-bond acceptors (Lipinski definition) is 2. The molecule has 0 unspecified atom stereocenters. The largest absolute Gasteiger partial charge is 0.493 e. The lowest BCUT2D eigenvalue weighted by Gasteiger charge is -2.24. The van der Waals surface area contributed by atoms with E-state index in [1.165, 1.54) is 0 Å². The number of ether oxygens (including phenoxy) is 1. The molecule has 94 valence electrons. The van der Waals surface area contributed by atoms with Crippen molar-refractivity contribution in [2.45, 2.75) is 39.5 Å². The van der Waals surface area contributed by atoms with E-state index in [1.807, 2.05) is 25.1 Å². The fourth-order valence-corrected chi connectivity index (χ4v) is 1.79. The lowest BCUT2D eigenvalue weighted by atomic mass is 9.85. The third kappa shape index (κ3) is 3.48. The van der Waals surface area contributed by atoms with Gasteiger partial charge in [0.15, 0.2) is 0 Å². The Morgan fingerprint density at radius 3 is 2.47 bits per heavy atom. The van der Waals surface area contributed by atoms with Gasteiger partial charge in [0.1, 0.15) is 5.75 Å². The third-order valence-corrected chi connectivity index (χ3v) is 2.53. The maximum absolute atomic E-state index is 10.8.